The van der Waals surface area contributed by atoms with Gasteiger partial charge in [0.15, 0.2) is 16.9 Å². The van der Waals surface area contributed by atoms with E-state index in [0.717, 1.165) is 0 Å². The minimum Gasteiger partial charge on any atom is -0.463 e. The van der Waals surface area contributed by atoms with Crippen molar-refractivity contribution in [2.75, 3.05) is 18.9 Å². The highest BCUT2D eigenvalue weighted by Crippen LogP contribution is 2.38. The molecule has 0 amide bonds. The Kier molecular flexibility index (Phi) is 5.57. The number of aromatic nitrogens is 4. The van der Waals surface area contributed by atoms with E-state index < -0.39 is 35.8 Å². The zero-order valence-electron chi connectivity index (χ0n) is 15.7. The normalized spacial score (nSPS) is 23.7. The van der Waals surface area contributed by atoms with Crippen LogP contribution in [0.15, 0.2) is 6.33 Å². The van der Waals surface area contributed by atoms with E-state index in [4.69, 9.17) is 36.3 Å². The van der Waals surface area contributed by atoms with E-state index in [1.54, 1.807) is 0 Å². The van der Waals surface area contributed by atoms with Crippen LogP contribution < -0.4 is 5.73 Å². The molecule has 156 valence electrons. The number of ether oxygens (including phenoxy) is 4. The lowest BCUT2D eigenvalue weighted by molar-refractivity contribution is -0.196. The lowest BCUT2D eigenvalue weighted by Crippen LogP contribution is -2.52. The standard InChI is InChI=1S/C16H18ClN5O7/c1-7(23)26-4-10-12(28-8(2)24)16(5-27-10,29-9(3)25)22-6-19-11-13(17)20-15(18)21-14(11)22/h6,10,12H,4-5H2,1-3H3,(H2,18,20,21)/t10-,12-,16-/m1/s1. The molecule has 3 heterocycles. The molecule has 0 aliphatic carbocycles. The second-order valence-electron chi connectivity index (χ2n) is 6.28. The maximum atomic E-state index is 12.0. The maximum Gasteiger partial charge on any atom is 0.304 e. The highest BCUT2D eigenvalue weighted by Gasteiger charge is 2.58. The molecular weight excluding hydrogens is 410 g/mol. The van der Waals surface area contributed by atoms with Gasteiger partial charge in [0.1, 0.15) is 31.2 Å². The number of carbonyl (C=O) groups excluding carboxylic acids is 3. The Morgan fingerprint density at radius 1 is 1.28 bits per heavy atom. The van der Waals surface area contributed by atoms with Crippen LogP contribution in [0.3, 0.4) is 0 Å². The van der Waals surface area contributed by atoms with Crippen LogP contribution in [0.5, 0.6) is 0 Å². The van der Waals surface area contributed by atoms with Crippen LogP contribution in [0, 0.1) is 0 Å². The lowest BCUT2D eigenvalue weighted by atomic mass is 10.0. The van der Waals surface area contributed by atoms with Crippen LogP contribution >= 0.6 is 11.6 Å². The first-order chi connectivity index (χ1) is 13.6. The highest BCUT2D eigenvalue weighted by atomic mass is 35.5. The van der Waals surface area contributed by atoms with Gasteiger partial charge in [-0.25, -0.2) is 4.98 Å². The van der Waals surface area contributed by atoms with E-state index in [1.165, 1.54) is 31.7 Å². The smallest absolute Gasteiger partial charge is 0.304 e. The van der Waals surface area contributed by atoms with Gasteiger partial charge < -0.3 is 24.7 Å². The number of halogens is 1. The number of rotatable bonds is 5. The number of hydrogen-bond donors (Lipinski definition) is 1. The van der Waals surface area contributed by atoms with Crippen molar-refractivity contribution in [2.24, 2.45) is 0 Å². The number of nitrogen functional groups attached to an aromatic ring is 1. The van der Waals surface area contributed by atoms with E-state index in [2.05, 4.69) is 15.0 Å². The molecule has 0 spiro atoms. The van der Waals surface area contributed by atoms with E-state index in [-0.39, 0.29) is 35.5 Å². The quantitative estimate of drug-likeness (QED) is 0.393. The molecule has 1 fully saturated rings. The predicted octanol–water partition coefficient (Wildman–Crippen LogP) is 0.171. The second-order valence-corrected chi connectivity index (χ2v) is 6.64. The van der Waals surface area contributed by atoms with Crippen LogP contribution in [-0.2, 0) is 39.1 Å². The molecule has 0 aromatic carbocycles. The number of esters is 3. The molecule has 1 saturated heterocycles. The van der Waals surface area contributed by atoms with Crippen molar-refractivity contribution >= 4 is 46.6 Å². The summed E-state index contributed by atoms with van der Waals surface area (Å²) in [7, 11) is 0. The Bertz CT molecular complexity index is 980. The molecule has 0 bridgehead atoms. The summed E-state index contributed by atoms with van der Waals surface area (Å²) in [5.74, 6) is -2.04. The van der Waals surface area contributed by atoms with Gasteiger partial charge in [0.05, 0.1) is 0 Å². The number of hydrogen-bond acceptors (Lipinski definition) is 11. The van der Waals surface area contributed by atoms with Gasteiger partial charge in [0, 0.05) is 20.8 Å². The van der Waals surface area contributed by atoms with Gasteiger partial charge in [0.25, 0.3) is 5.72 Å². The Balaban J connectivity index is 2.16. The van der Waals surface area contributed by atoms with Crippen LogP contribution in [0.4, 0.5) is 5.95 Å². The summed E-state index contributed by atoms with van der Waals surface area (Å²) in [6.45, 7) is 3.11. The summed E-state index contributed by atoms with van der Waals surface area (Å²) in [5.41, 5.74) is 4.33. The molecule has 3 rings (SSSR count). The van der Waals surface area contributed by atoms with Crippen molar-refractivity contribution in [1.82, 2.24) is 19.5 Å². The maximum absolute atomic E-state index is 12.0. The fraction of sp³-hybridized carbons (Fsp3) is 0.500. The molecule has 1 aliphatic heterocycles. The molecule has 12 nitrogen and oxygen atoms in total. The minimum atomic E-state index is -1.69. The average Bonchev–Trinajstić information content (AvgIpc) is 3.15. The lowest BCUT2D eigenvalue weighted by Gasteiger charge is -2.34. The van der Waals surface area contributed by atoms with E-state index in [0.29, 0.717) is 0 Å². The number of fused-ring (bicyclic) bond motifs is 1. The van der Waals surface area contributed by atoms with Crippen molar-refractivity contribution < 1.29 is 33.3 Å². The zero-order valence-corrected chi connectivity index (χ0v) is 16.5. The van der Waals surface area contributed by atoms with Crippen molar-refractivity contribution in [3.63, 3.8) is 0 Å². The van der Waals surface area contributed by atoms with Gasteiger partial charge in [-0.3, -0.25) is 19.0 Å². The summed E-state index contributed by atoms with van der Waals surface area (Å²) in [6, 6.07) is 0. The largest absolute Gasteiger partial charge is 0.463 e. The summed E-state index contributed by atoms with van der Waals surface area (Å²) in [4.78, 5) is 47.0. The third-order valence-corrected chi connectivity index (χ3v) is 4.39. The summed E-state index contributed by atoms with van der Waals surface area (Å²) in [6.07, 6.45) is -0.813. The Morgan fingerprint density at radius 3 is 2.62 bits per heavy atom. The van der Waals surface area contributed by atoms with Gasteiger partial charge in [-0.1, -0.05) is 11.6 Å². The molecule has 29 heavy (non-hydrogen) atoms. The summed E-state index contributed by atoms with van der Waals surface area (Å²) in [5, 5.41) is -0.0105. The first kappa shape index (κ1) is 20.7. The molecule has 1 aliphatic rings. The zero-order chi connectivity index (χ0) is 21.3. The molecule has 3 atom stereocenters. The van der Waals surface area contributed by atoms with Crippen LogP contribution in [0.2, 0.25) is 5.15 Å². The van der Waals surface area contributed by atoms with E-state index in [9.17, 15) is 14.4 Å². The molecular formula is C16H18ClN5O7. The first-order valence-electron chi connectivity index (χ1n) is 8.42. The van der Waals surface area contributed by atoms with E-state index in [1.807, 2.05) is 0 Å². The number of anilines is 1. The number of imidazole rings is 1. The molecule has 2 N–H and O–H groups in total. The van der Waals surface area contributed by atoms with Gasteiger partial charge in [-0.2, -0.15) is 9.97 Å². The van der Waals surface area contributed by atoms with Crippen molar-refractivity contribution in [1.29, 1.82) is 0 Å². The molecule has 0 radical (unpaired) electrons. The van der Waals surface area contributed by atoms with Crippen LogP contribution in [0.25, 0.3) is 11.2 Å². The Morgan fingerprint density at radius 2 is 2.00 bits per heavy atom. The fourth-order valence-corrected chi connectivity index (χ4v) is 3.34. The first-order valence-corrected chi connectivity index (χ1v) is 8.80. The van der Waals surface area contributed by atoms with Gasteiger partial charge in [-0.15, -0.1) is 0 Å². The second kappa shape index (κ2) is 7.79. The van der Waals surface area contributed by atoms with E-state index >= 15 is 0 Å². The van der Waals surface area contributed by atoms with Crippen molar-refractivity contribution in [3.05, 3.63) is 11.5 Å². The molecule has 13 heteroatoms. The molecule has 2 aromatic heterocycles. The molecule has 0 saturated carbocycles. The fourth-order valence-electron chi connectivity index (χ4n) is 3.12. The highest BCUT2D eigenvalue weighted by molar-refractivity contribution is 6.33. The van der Waals surface area contributed by atoms with Gasteiger partial charge in [0.2, 0.25) is 5.95 Å². The average molecular weight is 428 g/mol. The van der Waals surface area contributed by atoms with Gasteiger partial charge in [-0.05, 0) is 0 Å². The van der Waals surface area contributed by atoms with Crippen LogP contribution in [0.1, 0.15) is 20.8 Å². The SMILES string of the molecule is CC(=O)OC[C@H]1OC[C@](OC(C)=O)(n2cnc3c(Cl)nc(N)nc32)[C@@H]1OC(C)=O. The third kappa shape index (κ3) is 3.93. The summed E-state index contributed by atoms with van der Waals surface area (Å²) < 4.78 is 23.0. The number of carbonyl (C=O) groups is 3. The number of nitrogens with zero attached hydrogens (tertiary/aromatic N) is 4. The predicted molar refractivity (Wildman–Crippen MR) is 96.4 cm³/mol. The van der Waals surface area contributed by atoms with Crippen LogP contribution in [-0.4, -0.2) is 62.8 Å². The monoisotopic (exact) mass is 427 g/mol. The molecule has 2 aromatic rings. The van der Waals surface area contributed by atoms with Gasteiger partial charge >= 0.3 is 17.9 Å². The van der Waals surface area contributed by atoms with Crippen molar-refractivity contribution in [2.45, 2.75) is 38.7 Å². The Hall–Kier alpha value is -2.99. The number of nitrogens with two attached hydrogens (primary N) is 1. The Labute approximate surface area is 169 Å². The third-order valence-electron chi connectivity index (χ3n) is 4.13. The summed E-state index contributed by atoms with van der Waals surface area (Å²) >= 11 is 6.08. The van der Waals surface area contributed by atoms with Crippen molar-refractivity contribution in [3.8, 4) is 0 Å². The topological polar surface area (TPSA) is 158 Å². The minimum absolute atomic E-state index is 0.0105. The molecule has 0 unspecified atom stereocenters.